The molecular weight excluding hydrogens is 254 g/mol. The van der Waals surface area contributed by atoms with Gasteiger partial charge in [-0.1, -0.05) is 53.2 Å². The van der Waals surface area contributed by atoms with E-state index < -0.39 is 0 Å². The molecular formula is C20H37N. The molecule has 0 aromatic carbocycles. The molecule has 1 nitrogen and oxygen atoms in total. The second-order valence-corrected chi connectivity index (χ2v) is 10.1. The molecule has 0 aromatic heterocycles. The van der Waals surface area contributed by atoms with E-state index in [9.17, 15) is 0 Å². The number of allylic oxidation sites excluding steroid dienone is 2. The van der Waals surface area contributed by atoms with Crippen LogP contribution < -0.4 is 5.32 Å². The van der Waals surface area contributed by atoms with Crippen LogP contribution in [0.25, 0.3) is 0 Å². The first-order valence-corrected chi connectivity index (χ1v) is 8.73. The molecule has 2 atom stereocenters. The fourth-order valence-corrected chi connectivity index (χ4v) is 4.07. The minimum absolute atomic E-state index is 0.168. The molecule has 1 heteroatoms. The van der Waals surface area contributed by atoms with Gasteiger partial charge in [-0.15, -0.1) is 0 Å². The van der Waals surface area contributed by atoms with E-state index in [0.29, 0.717) is 16.2 Å². The molecule has 0 bridgehead atoms. The summed E-state index contributed by atoms with van der Waals surface area (Å²) in [7, 11) is 0. The third-order valence-corrected chi connectivity index (χ3v) is 7.84. The van der Waals surface area contributed by atoms with Crippen LogP contribution in [0.3, 0.4) is 0 Å². The van der Waals surface area contributed by atoms with Crippen molar-refractivity contribution in [2.24, 2.45) is 28.1 Å². The summed E-state index contributed by atoms with van der Waals surface area (Å²) in [5.74, 6) is 1.54. The van der Waals surface area contributed by atoms with Gasteiger partial charge in [0.05, 0.1) is 0 Å². The number of nitrogens with one attached hydrogen (secondary N) is 1. The molecule has 122 valence electrons. The van der Waals surface area contributed by atoms with Crippen LogP contribution in [0.15, 0.2) is 11.6 Å². The zero-order valence-electron chi connectivity index (χ0n) is 15.9. The van der Waals surface area contributed by atoms with Crippen LogP contribution >= 0.6 is 0 Å². The van der Waals surface area contributed by atoms with Gasteiger partial charge in [-0.2, -0.15) is 0 Å². The second kappa shape index (κ2) is 4.85. The fraction of sp³-hybridized carbons (Fsp3) is 0.900. The minimum atomic E-state index is 0.168. The van der Waals surface area contributed by atoms with Gasteiger partial charge in [-0.3, -0.25) is 0 Å². The van der Waals surface area contributed by atoms with Crippen LogP contribution in [0.5, 0.6) is 0 Å². The van der Waals surface area contributed by atoms with Gasteiger partial charge in [0, 0.05) is 12.1 Å². The highest BCUT2D eigenvalue weighted by Crippen LogP contribution is 2.56. The third-order valence-electron chi connectivity index (χ3n) is 7.84. The van der Waals surface area contributed by atoms with Gasteiger partial charge in [0.2, 0.25) is 0 Å². The van der Waals surface area contributed by atoms with E-state index in [1.54, 1.807) is 5.57 Å². The van der Waals surface area contributed by atoms with Crippen molar-refractivity contribution in [2.75, 3.05) is 6.54 Å². The van der Waals surface area contributed by atoms with Crippen molar-refractivity contribution >= 4 is 0 Å². The quantitative estimate of drug-likeness (QED) is 0.636. The van der Waals surface area contributed by atoms with Crippen LogP contribution in [-0.2, 0) is 0 Å². The summed E-state index contributed by atoms with van der Waals surface area (Å²) in [6.07, 6.45) is 5.04. The van der Waals surface area contributed by atoms with E-state index in [0.717, 1.165) is 18.4 Å². The predicted octanol–water partition coefficient (Wildman–Crippen LogP) is 5.42. The van der Waals surface area contributed by atoms with E-state index in [-0.39, 0.29) is 5.54 Å². The Bertz CT molecular complexity index is 435. The van der Waals surface area contributed by atoms with E-state index in [1.165, 1.54) is 12.8 Å². The first-order chi connectivity index (χ1) is 9.32. The van der Waals surface area contributed by atoms with Crippen LogP contribution in [0.2, 0.25) is 0 Å². The molecule has 0 amide bonds. The molecule has 2 rings (SSSR count). The summed E-state index contributed by atoms with van der Waals surface area (Å²) in [4.78, 5) is 0. The molecule has 1 aliphatic heterocycles. The van der Waals surface area contributed by atoms with Crippen molar-refractivity contribution in [3.63, 3.8) is 0 Å². The normalized spacial score (nSPS) is 36.9. The molecule has 0 saturated carbocycles. The Hall–Kier alpha value is -0.300. The highest BCUT2D eigenvalue weighted by Gasteiger charge is 2.53. The van der Waals surface area contributed by atoms with Crippen LogP contribution in [0, 0.1) is 28.1 Å². The summed E-state index contributed by atoms with van der Waals surface area (Å²) in [6.45, 7) is 23.1. The van der Waals surface area contributed by atoms with Gasteiger partial charge in [-0.05, 0) is 61.7 Å². The van der Waals surface area contributed by atoms with Crippen LogP contribution in [-0.4, -0.2) is 12.1 Å². The highest BCUT2D eigenvalue weighted by atomic mass is 15.0. The lowest BCUT2D eigenvalue weighted by molar-refractivity contribution is -0.0495. The minimum Gasteiger partial charge on any atom is -0.311 e. The standard InChI is InChI=1S/C20H37N/c1-14-10-11-15(14)16-12-17(2,3)18(4,5)13-21-20(8,9)19(16,6)7/h10,15-16,21H,11-13H2,1-9H3. The zero-order chi connectivity index (χ0) is 16.3. The Morgan fingerprint density at radius 1 is 0.952 bits per heavy atom. The van der Waals surface area contributed by atoms with E-state index in [4.69, 9.17) is 0 Å². The molecule has 0 aromatic rings. The first-order valence-electron chi connectivity index (χ1n) is 8.73. The molecule has 1 fully saturated rings. The molecule has 2 aliphatic rings. The van der Waals surface area contributed by atoms with E-state index in [2.05, 4.69) is 73.7 Å². The van der Waals surface area contributed by atoms with Crippen molar-refractivity contribution in [1.82, 2.24) is 5.32 Å². The maximum atomic E-state index is 3.93. The summed E-state index contributed by atoms with van der Waals surface area (Å²) >= 11 is 0. The van der Waals surface area contributed by atoms with Crippen molar-refractivity contribution in [1.29, 1.82) is 0 Å². The average Bonchev–Trinajstić information content (AvgIpc) is 2.32. The van der Waals surface area contributed by atoms with Gasteiger partial charge >= 0.3 is 0 Å². The Kier molecular flexibility index (Phi) is 3.94. The maximum Gasteiger partial charge on any atom is 0.0179 e. The topological polar surface area (TPSA) is 12.0 Å². The second-order valence-electron chi connectivity index (χ2n) is 10.1. The average molecular weight is 292 g/mol. The lowest BCUT2D eigenvalue weighted by Crippen LogP contribution is -2.62. The van der Waals surface area contributed by atoms with Gasteiger partial charge in [0.25, 0.3) is 0 Å². The number of rotatable bonds is 1. The van der Waals surface area contributed by atoms with Gasteiger partial charge < -0.3 is 5.32 Å². The number of hydrogen-bond acceptors (Lipinski definition) is 1. The highest BCUT2D eigenvalue weighted by molar-refractivity contribution is 5.20. The van der Waals surface area contributed by atoms with Gasteiger partial charge in [-0.25, -0.2) is 0 Å². The monoisotopic (exact) mass is 291 g/mol. The summed E-state index contributed by atoms with van der Waals surface area (Å²) in [6, 6.07) is 0. The predicted molar refractivity (Wildman–Crippen MR) is 93.4 cm³/mol. The molecule has 21 heavy (non-hydrogen) atoms. The summed E-state index contributed by atoms with van der Waals surface area (Å²) in [5, 5.41) is 3.93. The van der Waals surface area contributed by atoms with Gasteiger partial charge in [0.15, 0.2) is 0 Å². The molecule has 1 heterocycles. The fourth-order valence-electron chi connectivity index (χ4n) is 4.07. The van der Waals surface area contributed by atoms with E-state index in [1.807, 2.05) is 0 Å². The maximum absolute atomic E-state index is 3.93. The molecule has 1 saturated heterocycles. The number of hydrogen-bond donors (Lipinski definition) is 1. The SMILES string of the molecule is CC1=CCC1C1CC(C)(C)C(C)(C)CNC(C)(C)C1(C)C. The van der Waals surface area contributed by atoms with Crippen LogP contribution in [0.4, 0.5) is 0 Å². The van der Waals surface area contributed by atoms with Gasteiger partial charge in [0.1, 0.15) is 0 Å². The third kappa shape index (κ3) is 2.60. The van der Waals surface area contributed by atoms with Crippen LogP contribution in [0.1, 0.15) is 75.2 Å². The lowest BCUT2D eigenvalue weighted by Gasteiger charge is -2.59. The molecule has 1 aliphatic carbocycles. The zero-order valence-corrected chi connectivity index (χ0v) is 15.9. The molecule has 0 radical (unpaired) electrons. The van der Waals surface area contributed by atoms with E-state index >= 15 is 0 Å². The van der Waals surface area contributed by atoms with Crippen molar-refractivity contribution in [3.8, 4) is 0 Å². The molecule has 0 spiro atoms. The molecule has 2 unspecified atom stereocenters. The Balaban J connectivity index is 2.44. The van der Waals surface area contributed by atoms with Crippen molar-refractivity contribution in [2.45, 2.75) is 80.7 Å². The molecule has 1 N–H and O–H groups in total. The van der Waals surface area contributed by atoms with Crippen molar-refractivity contribution in [3.05, 3.63) is 11.6 Å². The lowest BCUT2D eigenvalue weighted by atomic mass is 9.50. The Labute approximate surface area is 133 Å². The first kappa shape index (κ1) is 17.1. The summed E-state index contributed by atoms with van der Waals surface area (Å²) < 4.78 is 0. The Morgan fingerprint density at radius 2 is 1.52 bits per heavy atom. The largest absolute Gasteiger partial charge is 0.311 e. The summed E-state index contributed by atoms with van der Waals surface area (Å²) in [5.41, 5.74) is 2.76. The Morgan fingerprint density at radius 3 is 1.95 bits per heavy atom. The van der Waals surface area contributed by atoms with Crippen molar-refractivity contribution < 1.29 is 0 Å². The smallest absolute Gasteiger partial charge is 0.0179 e.